The van der Waals surface area contributed by atoms with E-state index in [4.69, 9.17) is 5.73 Å². The van der Waals surface area contributed by atoms with Crippen LogP contribution in [0.5, 0.6) is 0 Å². The van der Waals surface area contributed by atoms with Crippen molar-refractivity contribution in [2.75, 3.05) is 0 Å². The zero-order valence-corrected chi connectivity index (χ0v) is 13.6. The Bertz CT molecular complexity index is 641. The van der Waals surface area contributed by atoms with Crippen LogP contribution in [0.3, 0.4) is 0 Å². The third kappa shape index (κ3) is 3.54. The van der Waals surface area contributed by atoms with Crippen LogP contribution in [0.15, 0.2) is 60.7 Å². The average Bonchev–Trinajstić information content (AvgIpc) is 2.64. The van der Waals surface area contributed by atoms with E-state index in [-0.39, 0.29) is 23.9 Å². The normalized spacial score (nSPS) is 20.4. The minimum Gasteiger partial charge on any atom is -0.328 e. The third-order valence-electron chi connectivity index (χ3n) is 4.59. The van der Waals surface area contributed by atoms with Gasteiger partial charge >= 0.3 is 0 Å². The van der Waals surface area contributed by atoms with E-state index in [1.165, 1.54) is 4.90 Å². The van der Waals surface area contributed by atoms with Crippen molar-refractivity contribution >= 4 is 11.8 Å². The van der Waals surface area contributed by atoms with Gasteiger partial charge in [-0.25, -0.2) is 0 Å². The molecule has 3 rings (SSSR count). The summed E-state index contributed by atoms with van der Waals surface area (Å²) in [7, 11) is 0. The van der Waals surface area contributed by atoms with E-state index < -0.39 is 0 Å². The van der Waals surface area contributed by atoms with Gasteiger partial charge in [-0.15, -0.1) is 0 Å². The lowest BCUT2D eigenvalue weighted by molar-refractivity contribution is 0.0503. The molecule has 0 bridgehead atoms. The number of carbonyl (C=O) groups excluding carboxylic acids is 2. The molecule has 4 heteroatoms. The molecule has 4 nitrogen and oxygen atoms in total. The number of amides is 2. The zero-order chi connectivity index (χ0) is 16.9. The first-order chi connectivity index (χ1) is 11.7. The molecule has 24 heavy (non-hydrogen) atoms. The van der Waals surface area contributed by atoms with Crippen LogP contribution in [0.2, 0.25) is 0 Å². The highest BCUT2D eigenvalue weighted by molar-refractivity contribution is 6.10. The first kappa shape index (κ1) is 16.4. The Morgan fingerprint density at radius 1 is 0.750 bits per heavy atom. The Hall–Kier alpha value is -2.46. The summed E-state index contributed by atoms with van der Waals surface area (Å²) in [6.07, 6.45) is 3.20. The number of hydrogen-bond donors (Lipinski definition) is 1. The molecule has 0 aromatic heterocycles. The maximum atomic E-state index is 13.0. The Balaban J connectivity index is 1.92. The van der Waals surface area contributed by atoms with Gasteiger partial charge in [0.1, 0.15) is 0 Å². The summed E-state index contributed by atoms with van der Waals surface area (Å²) in [5.74, 6) is -0.463. The van der Waals surface area contributed by atoms with Gasteiger partial charge in [-0.05, 0) is 49.9 Å². The lowest BCUT2D eigenvalue weighted by Crippen LogP contribution is -2.47. The first-order valence-corrected chi connectivity index (χ1v) is 8.40. The largest absolute Gasteiger partial charge is 0.328 e. The summed E-state index contributed by atoms with van der Waals surface area (Å²) in [5, 5.41) is 0. The fourth-order valence-corrected chi connectivity index (χ4v) is 3.22. The van der Waals surface area contributed by atoms with Gasteiger partial charge in [-0.1, -0.05) is 36.4 Å². The molecule has 1 aliphatic carbocycles. The molecule has 0 saturated heterocycles. The minimum absolute atomic E-state index is 0.0924. The molecule has 0 atom stereocenters. The maximum Gasteiger partial charge on any atom is 0.260 e. The third-order valence-corrected chi connectivity index (χ3v) is 4.59. The molecule has 1 saturated carbocycles. The summed E-state index contributed by atoms with van der Waals surface area (Å²) in [4.78, 5) is 27.5. The highest BCUT2D eigenvalue weighted by Crippen LogP contribution is 2.25. The molecular formula is C20H22N2O2. The van der Waals surface area contributed by atoms with E-state index in [0.29, 0.717) is 11.1 Å². The first-order valence-electron chi connectivity index (χ1n) is 8.40. The van der Waals surface area contributed by atoms with Gasteiger partial charge in [0, 0.05) is 23.2 Å². The van der Waals surface area contributed by atoms with Crippen LogP contribution in [0.1, 0.15) is 46.4 Å². The Morgan fingerprint density at radius 3 is 1.58 bits per heavy atom. The molecule has 124 valence electrons. The van der Waals surface area contributed by atoms with Crippen molar-refractivity contribution in [2.24, 2.45) is 5.73 Å². The number of rotatable bonds is 3. The summed E-state index contributed by atoms with van der Waals surface area (Å²) in [6.45, 7) is 0. The molecule has 0 spiro atoms. The average molecular weight is 322 g/mol. The Kier molecular flexibility index (Phi) is 5.06. The van der Waals surface area contributed by atoms with Crippen LogP contribution in [-0.4, -0.2) is 28.8 Å². The molecule has 0 unspecified atom stereocenters. The lowest BCUT2D eigenvalue weighted by atomic mass is 9.90. The lowest BCUT2D eigenvalue weighted by Gasteiger charge is -2.34. The van der Waals surface area contributed by atoms with Crippen LogP contribution in [0.4, 0.5) is 0 Å². The van der Waals surface area contributed by atoms with Gasteiger partial charge in [0.15, 0.2) is 0 Å². The second kappa shape index (κ2) is 7.41. The van der Waals surface area contributed by atoms with Crippen LogP contribution in [0.25, 0.3) is 0 Å². The topological polar surface area (TPSA) is 63.4 Å². The Labute approximate surface area is 142 Å². The second-order valence-electron chi connectivity index (χ2n) is 6.28. The molecule has 2 amide bonds. The van der Waals surface area contributed by atoms with E-state index in [9.17, 15) is 9.59 Å². The molecule has 2 N–H and O–H groups in total. The number of hydrogen-bond acceptors (Lipinski definition) is 3. The minimum atomic E-state index is -0.232. The summed E-state index contributed by atoms with van der Waals surface area (Å²) >= 11 is 0. The number of nitrogens with two attached hydrogens (primary N) is 1. The van der Waals surface area contributed by atoms with Crippen molar-refractivity contribution in [3.63, 3.8) is 0 Å². The molecule has 0 radical (unpaired) electrons. The van der Waals surface area contributed by atoms with E-state index in [2.05, 4.69) is 0 Å². The maximum absolute atomic E-state index is 13.0. The predicted octanol–water partition coefficient (Wildman–Crippen LogP) is 3.24. The molecule has 2 aromatic rings. The predicted molar refractivity (Wildman–Crippen MR) is 93.6 cm³/mol. The number of nitrogens with zero attached hydrogens (tertiary/aromatic N) is 1. The fourth-order valence-electron chi connectivity index (χ4n) is 3.22. The number of benzene rings is 2. The van der Waals surface area contributed by atoms with Gasteiger partial charge < -0.3 is 5.73 Å². The smallest absolute Gasteiger partial charge is 0.260 e. The van der Waals surface area contributed by atoms with Crippen LogP contribution < -0.4 is 5.73 Å². The van der Waals surface area contributed by atoms with Crippen LogP contribution in [-0.2, 0) is 0 Å². The number of imide groups is 1. The highest BCUT2D eigenvalue weighted by atomic mass is 16.2. The highest BCUT2D eigenvalue weighted by Gasteiger charge is 2.33. The molecule has 0 heterocycles. The molecule has 1 aliphatic rings. The van der Waals surface area contributed by atoms with Gasteiger partial charge in [-0.2, -0.15) is 0 Å². The van der Waals surface area contributed by atoms with E-state index in [1.807, 2.05) is 36.4 Å². The van der Waals surface area contributed by atoms with Crippen molar-refractivity contribution in [2.45, 2.75) is 37.8 Å². The standard InChI is InChI=1S/C20H22N2O2/c21-17-11-13-18(14-12-17)22(19(23)15-7-3-1-4-8-15)20(24)16-9-5-2-6-10-16/h1-10,17-18H,11-14,21H2. The van der Waals surface area contributed by atoms with Crippen LogP contribution >= 0.6 is 0 Å². The second-order valence-corrected chi connectivity index (χ2v) is 6.28. The van der Waals surface area contributed by atoms with Gasteiger partial charge in [0.25, 0.3) is 11.8 Å². The Morgan fingerprint density at radius 2 is 1.17 bits per heavy atom. The van der Waals surface area contributed by atoms with Gasteiger partial charge in [0.05, 0.1) is 0 Å². The van der Waals surface area contributed by atoms with E-state index in [0.717, 1.165) is 25.7 Å². The van der Waals surface area contributed by atoms with Crippen molar-refractivity contribution in [1.29, 1.82) is 0 Å². The monoisotopic (exact) mass is 322 g/mol. The van der Waals surface area contributed by atoms with Crippen molar-refractivity contribution < 1.29 is 9.59 Å². The molecular weight excluding hydrogens is 300 g/mol. The summed E-state index contributed by atoms with van der Waals surface area (Å²) < 4.78 is 0. The SMILES string of the molecule is NC1CCC(N(C(=O)c2ccccc2)C(=O)c2ccccc2)CC1. The molecule has 0 aliphatic heterocycles. The van der Waals surface area contributed by atoms with Crippen molar-refractivity contribution in [3.8, 4) is 0 Å². The quantitative estimate of drug-likeness (QED) is 0.882. The van der Waals surface area contributed by atoms with Crippen LogP contribution in [0, 0.1) is 0 Å². The molecule has 2 aromatic carbocycles. The van der Waals surface area contributed by atoms with Gasteiger partial charge in [-0.3, -0.25) is 14.5 Å². The fraction of sp³-hybridized carbons (Fsp3) is 0.300. The van der Waals surface area contributed by atoms with Crippen molar-refractivity contribution in [3.05, 3.63) is 71.8 Å². The molecule has 1 fully saturated rings. The summed E-state index contributed by atoms with van der Waals surface area (Å²) in [6, 6.07) is 18.1. The van der Waals surface area contributed by atoms with Gasteiger partial charge in [0.2, 0.25) is 0 Å². The van der Waals surface area contributed by atoms with E-state index >= 15 is 0 Å². The zero-order valence-electron chi connectivity index (χ0n) is 13.6. The number of carbonyl (C=O) groups is 2. The van der Waals surface area contributed by atoms with Crippen molar-refractivity contribution in [1.82, 2.24) is 4.90 Å². The summed E-state index contributed by atoms with van der Waals surface area (Å²) in [5.41, 5.74) is 7.06. The van der Waals surface area contributed by atoms with E-state index in [1.54, 1.807) is 24.3 Å².